The zero-order chi connectivity index (χ0) is 13.0. The van der Waals surface area contributed by atoms with E-state index in [1.165, 1.54) is 0 Å². The minimum absolute atomic E-state index is 0.0238. The van der Waals surface area contributed by atoms with Crippen LogP contribution in [0.25, 0.3) is 0 Å². The largest absolute Gasteiger partial charge is 0.290 e. The van der Waals surface area contributed by atoms with E-state index in [1.54, 1.807) is 11.1 Å². The number of nitrogens with zero attached hydrogens (tertiary/aromatic N) is 2. The highest BCUT2D eigenvalue weighted by Crippen LogP contribution is 2.17. The molecule has 0 N–H and O–H groups in total. The van der Waals surface area contributed by atoms with E-state index in [-0.39, 0.29) is 11.9 Å². The van der Waals surface area contributed by atoms with Crippen LogP contribution in [0, 0.1) is 0 Å². The average Bonchev–Trinajstić information content (AvgIpc) is 2.40. The van der Waals surface area contributed by atoms with Gasteiger partial charge in [0, 0.05) is 17.8 Å². The third-order valence-electron chi connectivity index (χ3n) is 2.65. The van der Waals surface area contributed by atoms with Crippen molar-refractivity contribution in [2.24, 2.45) is 0 Å². The van der Waals surface area contributed by atoms with Gasteiger partial charge in [-0.25, -0.2) is 4.98 Å². The van der Waals surface area contributed by atoms with E-state index in [9.17, 15) is 4.79 Å². The first kappa shape index (κ1) is 12.3. The van der Waals surface area contributed by atoms with Crippen LogP contribution >= 0.6 is 0 Å². The molecule has 1 amide bonds. The molecule has 3 nitrogen and oxygen atoms in total. The predicted octanol–water partition coefficient (Wildman–Crippen LogP) is 3.14. The summed E-state index contributed by atoms with van der Waals surface area (Å²) in [5, 5.41) is 0. The van der Waals surface area contributed by atoms with Crippen molar-refractivity contribution in [3.63, 3.8) is 0 Å². The van der Waals surface area contributed by atoms with Crippen molar-refractivity contribution in [2.75, 3.05) is 4.90 Å². The molecule has 2 rings (SSSR count). The Morgan fingerprint density at radius 2 is 1.72 bits per heavy atom. The van der Waals surface area contributed by atoms with Gasteiger partial charge in [0.1, 0.15) is 5.82 Å². The number of anilines is 1. The van der Waals surface area contributed by atoms with Crippen molar-refractivity contribution >= 4 is 11.7 Å². The Bertz CT molecular complexity index is 509. The number of amides is 1. The molecule has 0 atom stereocenters. The fourth-order valence-corrected chi connectivity index (χ4v) is 1.82. The molecule has 0 saturated heterocycles. The van der Waals surface area contributed by atoms with Crippen molar-refractivity contribution in [3.8, 4) is 0 Å². The summed E-state index contributed by atoms with van der Waals surface area (Å²) in [5.41, 5.74) is 0.678. The Labute approximate surface area is 107 Å². The van der Waals surface area contributed by atoms with Crippen LogP contribution in [0.1, 0.15) is 24.2 Å². The van der Waals surface area contributed by atoms with Crippen molar-refractivity contribution in [3.05, 3.63) is 60.3 Å². The summed E-state index contributed by atoms with van der Waals surface area (Å²) in [4.78, 5) is 18.4. The van der Waals surface area contributed by atoms with E-state index in [0.29, 0.717) is 11.4 Å². The second-order valence-corrected chi connectivity index (χ2v) is 4.32. The van der Waals surface area contributed by atoms with E-state index in [4.69, 9.17) is 0 Å². The Morgan fingerprint density at radius 3 is 2.28 bits per heavy atom. The second kappa shape index (κ2) is 5.45. The van der Waals surface area contributed by atoms with Gasteiger partial charge in [-0.3, -0.25) is 9.69 Å². The first-order valence-electron chi connectivity index (χ1n) is 6.00. The van der Waals surface area contributed by atoms with Crippen molar-refractivity contribution in [2.45, 2.75) is 19.9 Å². The van der Waals surface area contributed by atoms with Gasteiger partial charge in [-0.15, -0.1) is 0 Å². The minimum atomic E-state index is -0.0238. The maximum Gasteiger partial charge on any atom is 0.259 e. The Morgan fingerprint density at radius 1 is 1.06 bits per heavy atom. The molecule has 0 aliphatic heterocycles. The fourth-order valence-electron chi connectivity index (χ4n) is 1.82. The monoisotopic (exact) mass is 240 g/mol. The van der Waals surface area contributed by atoms with Crippen LogP contribution < -0.4 is 4.90 Å². The predicted molar refractivity (Wildman–Crippen MR) is 72.6 cm³/mol. The van der Waals surface area contributed by atoms with Gasteiger partial charge in [-0.05, 0) is 38.1 Å². The topological polar surface area (TPSA) is 33.2 Å². The molecule has 92 valence electrons. The van der Waals surface area contributed by atoms with Crippen molar-refractivity contribution in [1.82, 2.24) is 4.98 Å². The molecule has 1 heterocycles. The van der Waals surface area contributed by atoms with Gasteiger partial charge in [-0.1, -0.05) is 24.3 Å². The van der Waals surface area contributed by atoms with Crippen molar-refractivity contribution < 1.29 is 4.79 Å². The van der Waals surface area contributed by atoms with Crippen LogP contribution in [0.3, 0.4) is 0 Å². The molecular formula is C15H16N2O. The molecule has 1 aromatic heterocycles. The molecular weight excluding hydrogens is 224 g/mol. The highest BCUT2D eigenvalue weighted by atomic mass is 16.2. The maximum absolute atomic E-state index is 12.5. The lowest BCUT2D eigenvalue weighted by Gasteiger charge is -2.25. The standard InChI is InChI=1S/C15H16N2O/c1-12(2)17(14-10-6-7-11-16-14)15(18)13-8-4-3-5-9-13/h3-12H,1-2H3. The zero-order valence-corrected chi connectivity index (χ0v) is 10.6. The number of rotatable bonds is 3. The maximum atomic E-state index is 12.5. The summed E-state index contributed by atoms with van der Waals surface area (Å²) < 4.78 is 0. The summed E-state index contributed by atoms with van der Waals surface area (Å²) in [6.07, 6.45) is 1.70. The molecule has 0 spiro atoms. The van der Waals surface area contributed by atoms with E-state index in [0.717, 1.165) is 0 Å². The van der Waals surface area contributed by atoms with Gasteiger partial charge < -0.3 is 0 Å². The molecule has 0 saturated carbocycles. The van der Waals surface area contributed by atoms with Gasteiger partial charge in [0.15, 0.2) is 0 Å². The highest BCUT2D eigenvalue weighted by Gasteiger charge is 2.20. The number of hydrogen-bond donors (Lipinski definition) is 0. The molecule has 0 bridgehead atoms. The lowest BCUT2D eigenvalue weighted by molar-refractivity contribution is 0.0979. The summed E-state index contributed by atoms with van der Waals surface area (Å²) in [6.45, 7) is 3.96. The number of carbonyl (C=O) groups is 1. The molecule has 0 aliphatic rings. The summed E-state index contributed by atoms with van der Waals surface area (Å²) in [7, 11) is 0. The third kappa shape index (κ3) is 2.56. The van der Waals surface area contributed by atoms with Crippen LogP contribution in [0.15, 0.2) is 54.7 Å². The van der Waals surface area contributed by atoms with Gasteiger partial charge in [0.2, 0.25) is 0 Å². The smallest absolute Gasteiger partial charge is 0.259 e. The van der Waals surface area contributed by atoms with Crippen LogP contribution in [0.4, 0.5) is 5.82 Å². The van der Waals surface area contributed by atoms with E-state index >= 15 is 0 Å². The number of carbonyl (C=O) groups excluding carboxylic acids is 1. The van der Waals surface area contributed by atoms with Gasteiger partial charge in [0.05, 0.1) is 0 Å². The highest BCUT2D eigenvalue weighted by molar-refractivity contribution is 6.05. The fraction of sp³-hybridized carbons (Fsp3) is 0.200. The Balaban J connectivity index is 2.35. The SMILES string of the molecule is CC(C)N(C(=O)c1ccccc1)c1ccccn1. The molecule has 0 aliphatic carbocycles. The summed E-state index contributed by atoms with van der Waals surface area (Å²) in [5.74, 6) is 0.658. The zero-order valence-electron chi connectivity index (χ0n) is 10.6. The lowest BCUT2D eigenvalue weighted by atomic mass is 10.1. The van der Waals surface area contributed by atoms with Crippen molar-refractivity contribution in [1.29, 1.82) is 0 Å². The molecule has 0 fully saturated rings. The van der Waals surface area contributed by atoms with E-state index in [2.05, 4.69) is 4.98 Å². The third-order valence-corrected chi connectivity index (χ3v) is 2.65. The molecule has 18 heavy (non-hydrogen) atoms. The molecule has 2 aromatic rings. The molecule has 3 heteroatoms. The number of pyridine rings is 1. The first-order chi connectivity index (χ1) is 8.70. The minimum Gasteiger partial charge on any atom is -0.290 e. The van der Waals surface area contributed by atoms with Gasteiger partial charge >= 0.3 is 0 Å². The molecule has 1 aromatic carbocycles. The Kier molecular flexibility index (Phi) is 3.72. The van der Waals surface area contributed by atoms with Gasteiger partial charge in [0.25, 0.3) is 5.91 Å². The number of aromatic nitrogens is 1. The second-order valence-electron chi connectivity index (χ2n) is 4.32. The molecule has 0 unspecified atom stereocenters. The first-order valence-corrected chi connectivity index (χ1v) is 6.00. The Hall–Kier alpha value is -2.16. The van der Waals surface area contributed by atoms with E-state index < -0.39 is 0 Å². The van der Waals surface area contributed by atoms with E-state index in [1.807, 2.05) is 62.4 Å². The number of benzene rings is 1. The van der Waals surface area contributed by atoms with Crippen LogP contribution in [-0.2, 0) is 0 Å². The number of hydrogen-bond acceptors (Lipinski definition) is 2. The van der Waals surface area contributed by atoms with Gasteiger partial charge in [-0.2, -0.15) is 0 Å². The summed E-state index contributed by atoms with van der Waals surface area (Å²) in [6, 6.07) is 14.9. The normalized spacial score (nSPS) is 10.4. The lowest BCUT2D eigenvalue weighted by Crippen LogP contribution is -2.37. The average molecular weight is 240 g/mol. The quantitative estimate of drug-likeness (QED) is 0.825. The van der Waals surface area contributed by atoms with Crippen LogP contribution in [-0.4, -0.2) is 16.9 Å². The summed E-state index contributed by atoms with van der Waals surface area (Å²) >= 11 is 0. The molecule has 0 radical (unpaired) electrons. The van der Waals surface area contributed by atoms with Crippen LogP contribution in [0.5, 0.6) is 0 Å². The van der Waals surface area contributed by atoms with Crippen LogP contribution in [0.2, 0.25) is 0 Å².